The Balaban J connectivity index is 2.87. The fourth-order valence-corrected chi connectivity index (χ4v) is 1.36. The van der Waals surface area contributed by atoms with Crippen LogP contribution in [0.15, 0.2) is 18.2 Å². The molecule has 86 valence electrons. The Morgan fingerprint density at radius 1 is 1.38 bits per heavy atom. The number of rotatable bonds is 3. The van der Waals surface area contributed by atoms with Gasteiger partial charge in [0.2, 0.25) is 0 Å². The maximum atomic E-state index is 12.5. The van der Waals surface area contributed by atoms with Crippen LogP contribution < -0.4 is 5.32 Å². The van der Waals surface area contributed by atoms with Gasteiger partial charge in [-0.25, -0.2) is 0 Å². The average Bonchev–Trinajstić information content (AvgIpc) is 2.19. The highest BCUT2D eigenvalue weighted by molar-refractivity contribution is 6.31. The molecule has 1 aromatic rings. The molecule has 0 fully saturated rings. The van der Waals surface area contributed by atoms with Gasteiger partial charge < -0.3 is 5.32 Å². The molecule has 1 aromatic carbocycles. The van der Waals surface area contributed by atoms with Gasteiger partial charge in [-0.1, -0.05) is 11.6 Å². The Kier molecular flexibility index (Phi) is 4.08. The first-order valence-corrected chi connectivity index (χ1v) is 4.87. The van der Waals surface area contributed by atoms with Gasteiger partial charge in [0, 0.05) is 18.7 Å². The summed E-state index contributed by atoms with van der Waals surface area (Å²) in [6, 6.07) is 3.66. The highest BCUT2D eigenvalue weighted by atomic mass is 35.5. The number of hydrogen-bond donors (Lipinski definition) is 1. The van der Waals surface area contributed by atoms with Crippen LogP contribution in [0.1, 0.15) is 12.0 Å². The second kappa shape index (κ2) is 5.13. The van der Waals surface area contributed by atoms with E-state index in [4.69, 9.17) is 18.0 Å². The fraction of sp³-hybridized carbons (Fsp3) is 0.273. The molecular weight excluding hydrogens is 239 g/mol. The molecule has 0 atom stereocenters. The van der Waals surface area contributed by atoms with E-state index in [1.807, 2.05) is 0 Å². The minimum Gasteiger partial charge on any atom is -0.384 e. The lowest BCUT2D eigenvalue weighted by Crippen LogP contribution is -2.08. The van der Waals surface area contributed by atoms with Gasteiger partial charge >= 0.3 is 6.18 Å². The van der Waals surface area contributed by atoms with Crippen molar-refractivity contribution in [2.75, 3.05) is 11.9 Å². The molecule has 0 aliphatic carbocycles. The molecule has 0 heterocycles. The van der Waals surface area contributed by atoms with Crippen molar-refractivity contribution < 1.29 is 13.2 Å². The van der Waals surface area contributed by atoms with E-state index in [-0.39, 0.29) is 5.02 Å². The van der Waals surface area contributed by atoms with Crippen molar-refractivity contribution in [3.63, 3.8) is 0 Å². The molecule has 16 heavy (non-hydrogen) atoms. The molecule has 5 heteroatoms. The first-order chi connectivity index (χ1) is 7.45. The number of terminal acetylenes is 1. The quantitative estimate of drug-likeness (QED) is 0.633. The maximum Gasteiger partial charge on any atom is 0.417 e. The van der Waals surface area contributed by atoms with Crippen LogP contribution in [0.2, 0.25) is 5.02 Å². The van der Waals surface area contributed by atoms with Gasteiger partial charge in [-0.05, 0) is 18.2 Å². The zero-order valence-corrected chi connectivity index (χ0v) is 8.99. The van der Waals surface area contributed by atoms with Crippen molar-refractivity contribution >= 4 is 17.3 Å². The number of nitrogens with one attached hydrogen (secondary N) is 1. The van der Waals surface area contributed by atoms with Crippen LogP contribution in [0.4, 0.5) is 18.9 Å². The van der Waals surface area contributed by atoms with E-state index in [0.717, 1.165) is 6.07 Å². The molecular formula is C11H9ClF3N. The molecule has 0 unspecified atom stereocenters. The van der Waals surface area contributed by atoms with E-state index in [1.54, 1.807) is 0 Å². The monoisotopic (exact) mass is 247 g/mol. The maximum absolute atomic E-state index is 12.5. The predicted octanol–water partition coefficient (Wildman–Crippen LogP) is 3.79. The molecule has 1 N–H and O–H groups in total. The second-order valence-electron chi connectivity index (χ2n) is 3.07. The average molecular weight is 248 g/mol. The van der Waals surface area contributed by atoms with Crippen molar-refractivity contribution in [3.05, 3.63) is 28.8 Å². The third kappa shape index (κ3) is 3.35. The van der Waals surface area contributed by atoms with E-state index in [1.165, 1.54) is 12.1 Å². The summed E-state index contributed by atoms with van der Waals surface area (Å²) in [5, 5.41) is 2.47. The SMILES string of the molecule is C#CCCNc1ccc(Cl)c(C(F)(F)F)c1. The second-order valence-corrected chi connectivity index (χ2v) is 3.48. The number of hydrogen-bond acceptors (Lipinski definition) is 1. The third-order valence-corrected chi connectivity index (χ3v) is 2.20. The van der Waals surface area contributed by atoms with E-state index < -0.39 is 11.7 Å². The minimum absolute atomic E-state index is 0.310. The number of benzene rings is 1. The number of alkyl halides is 3. The Hall–Kier alpha value is -1.34. The van der Waals surface area contributed by atoms with Crippen molar-refractivity contribution in [3.8, 4) is 12.3 Å². The van der Waals surface area contributed by atoms with Crippen LogP contribution in [-0.2, 0) is 6.18 Å². The molecule has 0 aromatic heterocycles. The van der Waals surface area contributed by atoms with Gasteiger partial charge in [-0.15, -0.1) is 12.3 Å². The van der Waals surface area contributed by atoms with Gasteiger partial charge in [0.1, 0.15) is 0 Å². The Labute approximate surface area is 96.6 Å². The first-order valence-electron chi connectivity index (χ1n) is 4.49. The molecule has 0 saturated heterocycles. The van der Waals surface area contributed by atoms with Crippen LogP contribution in [0.3, 0.4) is 0 Å². The van der Waals surface area contributed by atoms with Gasteiger partial charge in [0.15, 0.2) is 0 Å². The van der Waals surface area contributed by atoms with Crippen molar-refractivity contribution in [2.45, 2.75) is 12.6 Å². The molecule has 0 spiro atoms. The number of halogens is 4. The highest BCUT2D eigenvalue weighted by Crippen LogP contribution is 2.36. The van der Waals surface area contributed by atoms with Gasteiger partial charge in [0.25, 0.3) is 0 Å². The van der Waals surface area contributed by atoms with Crippen molar-refractivity contribution in [2.24, 2.45) is 0 Å². The van der Waals surface area contributed by atoms with Crippen molar-refractivity contribution in [1.82, 2.24) is 0 Å². The molecule has 1 nitrogen and oxygen atoms in total. The Bertz CT molecular complexity index is 407. The van der Waals surface area contributed by atoms with Crippen LogP contribution in [0.5, 0.6) is 0 Å². The molecule has 0 saturated carbocycles. The molecule has 0 aliphatic heterocycles. The van der Waals surface area contributed by atoms with Gasteiger partial charge in [0.05, 0.1) is 10.6 Å². The van der Waals surface area contributed by atoms with Gasteiger partial charge in [-0.3, -0.25) is 0 Å². The van der Waals surface area contributed by atoms with E-state index >= 15 is 0 Å². The van der Waals surface area contributed by atoms with Crippen LogP contribution in [0.25, 0.3) is 0 Å². The summed E-state index contributed by atoms with van der Waals surface area (Å²) in [7, 11) is 0. The number of anilines is 1. The highest BCUT2D eigenvalue weighted by Gasteiger charge is 2.33. The summed E-state index contributed by atoms with van der Waals surface area (Å²) >= 11 is 5.46. The first kappa shape index (κ1) is 12.7. The van der Waals surface area contributed by atoms with E-state index in [2.05, 4.69) is 11.2 Å². The fourth-order valence-electron chi connectivity index (χ4n) is 1.13. The lowest BCUT2D eigenvalue weighted by Gasteiger charge is -2.11. The van der Waals surface area contributed by atoms with E-state index in [9.17, 15) is 13.2 Å². The standard InChI is InChI=1S/C11H9ClF3N/c1-2-3-6-16-8-4-5-10(12)9(7-8)11(13,14)15/h1,4-5,7,16H,3,6H2. The summed E-state index contributed by atoms with van der Waals surface area (Å²) in [5.74, 6) is 2.38. The normalized spacial score (nSPS) is 10.9. The van der Waals surface area contributed by atoms with E-state index in [0.29, 0.717) is 18.7 Å². The molecule has 0 aliphatic rings. The predicted molar refractivity (Wildman–Crippen MR) is 58.4 cm³/mol. The van der Waals surface area contributed by atoms with Gasteiger partial charge in [-0.2, -0.15) is 13.2 Å². The third-order valence-electron chi connectivity index (χ3n) is 1.87. The van der Waals surface area contributed by atoms with Crippen LogP contribution in [-0.4, -0.2) is 6.54 Å². The molecule has 0 bridgehead atoms. The Morgan fingerprint density at radius 2 is 2.06 bits per heavy atom. The lowest BCUT2D eigenvalue weighted by molar-refractivity contribution is -0.137. The van der Waals surface area contributed by atoms with Crippen LogP contribution in [0, 0.1) is 12.3 Å². The zero-order valence-electron chi connectivity index (χ0n) is 8.24. The van der Waals surface area contributed by atoms with Crippen molar-refractivity contribution in [1.29, 1.82) is 0 Å². The smallest absolute Gasteiger partial charge is 0.384 e. The topological polar surface area (TPSA) is 12.0 Å². The summed E-state index contributed by atoms with van der Waals surface area (Å²) < 4.78 is 37.4. The minimum atomic E-state index is -4.44. The largest absolute Gasteiger partial charge is 0.417 e. The summed E-state index contributed by atoms with van der Waals surface area (Å²) in [4.78, 5) is 0. The lowest BCUT2D eigenvalue weighted by atomic mass is 10.2. The molecule has 0 radical (unpaired) electrons. The summed E-state index contributed by atoms with van der Waals surface area (Å²) in [6.07, 6.45) is 1.03. The zero-order chi connectivity index (χ0) is 12.2. The van der Waals surface area contributed by atoms with Crippen LogP contribution >= 0.6 is 11.6 Å². The molecule has 0 amide bonds. The summed E-state index contributed by atoms with van der Waals surface area (Å²) in [6.45, 7) is 0.426. The molecule has 1 rings (SSSR count). The Morgan fingerprint density at radius 3 is 2.62 bits per heavy atom. The summed E-state index contributed by atoms with van der Waals surface area (Å²) in [5.41, 5.74) is -0.494.